The molecule has 0 atom stereocenters. The van der Waals surface area contributed by atoms with Crippen LogP contribution in [0.4, 0.5) is 5.69 Å². The second-order valence-electron chi connectivity index (χ2n) is 7.46. The number of ether oxygens (including phenoxy) is 3. The standard InChI is InChI=1S/C26H24N2O6/c1-16-9-17(2)11-20(10-16)28-25(29)19(14-27)12-18-5-7-22(24(13-18)31-3)33-15-21-6-8-23(34-21)26(30)32-4/h5-13H,15H2,1-4H3,(H,28,29). The Balaban J connectivity index is 1.73. The predicted octanol–water partition coefficient (Wildman–Crippen LogP) is 4.82. The van der Waals surface area contributed by atoms with E-state index in [2.05, 4.69) is 10.1 Å². The number of rotatable bonds is 8. The summed E-state index contributed by atoms with van der Waals surface area (Å²) >= 11 is 0. The van der Waals surface area contributed by atoms with Crippen molar-refractivity contribution in [2.75, 3.05) is 19.5 Å². The number of esters is 1. The van der Waals surface area contributed by atoms with Gasteiger partial charge in [-0.25, -0.2) is 4.79 Å². The van der Waals surface area contributed by atoms with E-state index in [1.807, 2.05) is 38.1 Å². The molecule has 1 heterocycles. The van der Waals surface area contributed by atoms with Crippen LogP contribution in [0.5, 0.6) is 11.5 Å². The Morgan fingerprint density at radius 1 is 1.03 bits per heavy atom. The number of carbonyl (C=O) groups excluding carboxylic acids is 2. The molecule has 1 N–H and O–H groups in total. The van der Waals surface area contributed by atoms with Crippen LogP contribution in [0.25, 0.3) is 6.08 Å². The zero-order valence-electron chi connectivity index (χ0n) is 19.3. The SMILES string of the molecule is COC(=O)c1ccc(COc2ccc(C=C(C#N)C(=O)Nc3cc(C)cc(C)c3)cc2OC)o1. The van der Waals surface area contributed by atoms with Gasteiger partial charge >= 0.3 is 5.97 Å². The number of carbonyl (C=O) groups is 2. The zero-order valence-corrected chi connectivity index (χ0v) is 19.3. The lowest BCUT2D eigenvalue weighted by Crippen LogP contribution is -2.13. The minimum absolute atomic E-state index is 0.0548. The van der Waals surface area contributed by atoms with Gasteiger partial charge in [0.15, 0.2) is 11.5 Å². The molecule has 0 unspecified atom stereocenters. The molecule has 0 fully saturated rings. The Labute approximate surface area is 197 Å². The molecule has 0 aliphatic heterocycles. The number of furan rings is 1. The van der Waals surface area contributed by atoms with E-state index in [4.69, 9.17) is 13.9 Å². The Morgan fingerprint density at radius 2 is 1.76 bits per heavy atom. The summed E-state index contributed by atoms with van der Waals surface area (Å²) in [4.78, 5) is 24.1. The van der Waals surface area contributed by atoms with Crippen molar-refractivity contribution in [1.82, 2.24) is 0 Å². The van der Waals surface area contributed by atoms with Crippen LogP contribution in [0.1, 0.15) is 33.0 Å². The van der Waals surface area contributed by atoms with Gasteiger partial charge in [0.05, 0.1) is 14.2 Å². The fourth-order valence-corrected chi connectivity index (χ4v) is 3.27. The summed E-state index contributed by atoms with van der Waals surface area (Å²) in [6.45, 7) is 3.93. The minimum Gasteiger partial charge on any atom is -0.493 e. The summed E-state index contributed by atoms with van der Waals surface area (Å²) in [5, 5.41) is 12.3. The number of nitrogens with zero attached hydrogens (tertiary/aromatic N) is 1. The monoisotopic (exact) mass is 460 g/mol. The molecule has 0 bridgehead atoms. The Hall–Kier alpha value is -4.51. The van der Waals surface area contributed by atoms with E-state index in [0.717, 1.165) is 11.1 Å². The van der Waals surface area contributed by atoms with Crippen LogP contribution < -0.4 is 14.8 Å². The van der Waals surface area contributed by atoms with E-state index >= 15 is 0 Å². The van der Waals surface area contributed by atoms with Crippen molar-refractivity contribution in [2.45, 2.75) is 20.5 Å². The number of hydrogen-bond donors (Lipinski definition) is 1. The van der Waals surface area contributed by atoms with E-state index in [1.165, 1.54) is 26.4 Å². The average Bonchev–Trinajstić information content (AvgIpc) is 3.29. The maximum absolute atomic E-state index is 12.6. The molecule has 3 aromatic rings. The van der Waals surface area contributed by atoms with Gasteiger partial charge in [0.2, 0.25) is 5.76 Å². The molecule has 0 aliphatic rings. The molecule has 0 spiro atoms. The second-order valence-corrected chi connectivity index (χ2v) is 7.46. The quantitative estimate of drug-likeness (QED) is 0.292. The lowest BCUT2D eigenvalue weighted by molar-refractivity contribution is -0.112. The predicted molar refractivity (Wildman–Crippen MR) is 126 cm³/mol. The Morgan fingerprint density at radius 3 is 2.41 bits per heavy atom. The number of methoxy groups -OCH3 is 2. The fourth-order valence-electron chi connectivity index (χ4n) is 3.27. The molecular formula is C26H24N2O6. The zero-order chi connectivity index (χ0) is 24.7. The van der Waals surface area contributed by atoms with Crippen LogP contribution in [0, 0.1) is 25.2 Å². The summed E-state index contributed by atoms with van der Waals surface area (Å²) in [5.74, 6) is 0.258. The van der Waals surface area contributed by atoms with Gasteiger partial charge in [0, 0.05) is 5.69 Å². The summed E-state index contributed by atoms with van der Waals surface area (Å²) in [7, 11) is 2.75. The van der Waals surface area contributed by atoms with Crippen molar-refractivity contribution < 1.29 is 28.2 Å². The highest BCUT2D eigenvalue weighted by atomic mass is 16.5. The molecule has 1 aromatic heterocycles. The molecule has 8 heteroatoms. The van der Waals surface area contributed by atoms with Gasteiger partial charge in [-0.05, 0) is 73.0 Å². The van der Waals surface area contributed by atoms with Gasteiger partial charge < -0.3 is 23.9 Å². The summed E-state index contributed by atoms with van der Waals surface area (Å²) in [6, 6.07) is 15.7. The van der Waals surface area contributed by atoms with Gasteiger partial charge in [0.25, 0.3) is 5.91 Å². The number of nitrogens with one attached hydrogen (secondary N) is 1. The van der Waals surface area contributed by atoms with Gasteiger partial charge in [-0.15, -0.1) is 0 Å². The molecule has 174 valence electrons. The van der Waals surface area contributed by atoms with Crippen LogP contribution in [0.15, 0.2) is 58.5 Å². The normalized spacial score (nSPS) is 10.9. The fraction of sp³-hybridized carbons (Fsp3) is 0.192. The third kappa shape index (κ3) is 6.04. The first kappa shape index (κ1) is 24.1. The highest BCUT2D eigenvalue weighted by Gasteiger charge is 2.14. The molecule has 8 nitrogen and oxygen atoms in total. The largest absolute Gasteiger partial charge is 0.493 e. The Kier molecular flexibility index (Phi) is 7.72. The molecule has 34 heavy (non-hydrogen) atoms. The van der Waals surface area contributed by atoms with E-state index in [1.54, 1.807) is 24.3 Å². The maximum atomic E-state index is 12.6. The topological polar surface area (TPSA) is 111 Å². The first-order valence-electron chi connectivity index (χ1n) is 10.3. The number of anilines is 1. The summed E-state index contributed by atoms with van der Waals surface area (Å²) in [5.41, 5.74) is 3.17. The van der Waals surface area contributed by atoms with Crippen LogP contribution in [0.2, 0.25) is 0 Å². The van der Waals surface area contributed by atoms with Gasteiger partial charge in [-0.2, -0.15) is 5.26 Å². The Bertz CT molecular complexity index is 1260. The number of nitriles is 1. The third-order valence-electron chi connectivity index (χ3n) is 4.76. The molecule has 2 aromatic carbocycles. The lowest BCUT2D eigenvalue weighted by atomic mass is 10.1. The van der Waals surface area contributed by atoms with Crippen LogP contribution in [-0.2, 0) is 16.1 Å². The first-order valence-corrected chi connectivity index (χ1v) is 10.3. The van der Waals surface area contributed by atoms with E-state index in [9.17, 15) is 14.9 Å². The van der Waals surface area contributed by atoms with Crippen LogP contribution in [0.3, 0.4) is 0 Å². The second kappa shape index (κ2) is 10.9. The van der Waals surface area contributed by atoms with Gasteiger partial charge in [0.1, 0.15) is 24.0 Å². The van der Waals surface area contributed by atoms with E-state index in [-0.39, 0.29) is 17.9 Å². The van der Waals surface area contributed by atoms with Crippen molar-refractivity contribution in [1.29, 1.82) is 5.26 Å². The van der Waals surface area contributed by atoms with Gasteiger partial charge in [-0.1, -0.05) is 12.1 Å². The van der Waals surface area contributed by atoms with Crippen molar-refractivity contribution in [3.63, 3.8) is 0 Å². The smallest absolute Gasteiger partial charge is 0.373 e. The van der Waals surface area contributed by atoms with Crippen LogP contribution >= 0.6 is 0 Å². The molecule has 0 radical (unpaired) electrons. The van der Waals surface area contributed by atoms with Gasteiger partial charge in [-0.3, -0.25) is 4.79 Å². The first-order chi connectivity index (χ1) is 16.3. The van der Waals surface area contributed by atoms with E-state index in [0.29, 0.717) is 28.5 Å². The average molecular weight is 460 g/mol. The maximum Gasteiger partial charge on any atom is 0.373 e. The van der Waals surface area contributed by atoms with E-state index < -0.39 is 11.9 Å². The van der Waals surface area contributed by atoms with Crippen molar-refractivity contribution in [2.24, 2.45) is 0 Å². The summed E-state index contributed by atoms with van der Waals surface area (Å²) < 4.78 is 21.1. The molecule has 0 aliphatic carbocycles. The lowest BCUT2D eigenvalue weighted by Gasteiger charge is -2.11. The summed E-state index contributed by atoms with van der Waals surface area (Å²) in [6.07, 6.45) is 1.47. The third-order valence-corrected chi connectivity index (χ3v) is 4.76. The molecule has 0 saturated heterocycles. The molecule has 0 saturated carbocycles. The molecule has 1 amide bonds. The number of hydrogen-bond acceptors (Lipinski definition) is 7. The molecular weight excluding hydrogens is 436 g/mol. The van der Waals surface area contributed by atoms with Crippen LogP contribution in [-0.4, -0.2) is 26.1 Å². The van der Waals surface area contributed by atoms with Crippen molar-refractivity contribution in [3.8, 4) is 17.6 Å². The minimum atomic E-state index is -0.574. The molecule has 3 rings (SSSR count). The van der Waals surface area contributed by atoms with Crippen molar-refractivity contribution >= 4 is 23.6 Å². The highest BCUT2D eigenvalue weighted by Crippen LogP contribution is 2.30. The number of aryl methyl sites for hydroxylation is 2. The number of benzene rings is 2. The highest BCUT2D eigenvalue weighted by molar-refractivity contribution is 6.09. The van der Waals surface area contributed by atoms with Crippen molar-refractivity contribution in [3.05, 3.63) is 82.3 Å². The number of amides is 1.